The third kappa shape index (κ3) is 8.00. The Kier molecular flexibility index (Phi) is 9.90. The quantitative estimate of drug-likeness (QED) is 0.495. The molecule has 0 heterocycles. The number of amides is 3. The summed E-state index contributed by atoms with van der Waals surface area (Å²) >= 11 is 0. The van der Waals surface area contributed by atoms with Crippen LogP contribution in [0.3, 0.4) is 0 Å². The molecule has 0 radical (unpaired) electrons. The number of hydrogen-bond donors (Lipinski definition) is 2. The van der Waals surface area contributed by atoms with E-state index in [-0.39, 0.29) is 17.9 Å². The van der Waals surface area contributed by atoms with Crippen LogP contribution >= 0.6 is 0 Å². The molecule has 0 bridgehead atoms. The predicted octanol–water partition coefficient (Wildman–Crippen LogP) is 5.22. The first-order valence-corrected chi connectivity index (χ1v) is 12.2. The van der Waals surface area contributed by atoms with Crippen molar-refractivity contribution in [2.24, 2.45) is 0 Å². The van der Waals surface area contributed by atoms with Crippen LogP contribution in [-0.4, -0.2) is 47.6 Å². The number of benzene rings is 2. The van der Waals surface area contributed by atoms with Crippen LogP contribution in [-0.2, 0) is 14.3 Å². The van der Waals surface area contributed by atoms with Gasteiger partial charge < -0.3 is 25.0 Å². The number of alkyl carbamates (subject to hydrolysis) is 1. The van der Waals surface area contributed by atoms with Crippen LogP contribution in [0.15, 0.2) is 48.5 Å². The molecule has 3 atom stereocenters. The maximum Gasteiger partial charge on any atom is 0.408 e. The van der Waals surface area contributed by atoms with E-state index in [1.54, 1.807) is 64.0 Å². The highest BCUT2D eigenvalue weighted by molar-refractivity contribution is 5.99. The second kappa shape index (κ2) is 12.4. The fourth-order valence-corrected chi connectivity index (χ4v) is 3.64. The molecule has 3 amide bonds. The van der Waals surface area contributed by atoms with Crippen molar-refractivity contribution in [1.82, 2.24) is 10.2 Å². The lowest BCUT2D eigenvalue weighted by Crippen LogP contribution is -2.53. The molecule has 2 aromatic rings. The standard InChI is InChI=1S/C28H39N3O5/c1-9-19(3)31(26(33)20(4)29-27(34)36-28(5,6)7)24(21-12-10-18(2)11-13-21)25(32)30-22-14-16-23(35-8)17-15-22/h10-17,19-20,24H,9H2,1-8H3,(H,29,34)(H,30,32). The summed E-state index contributed by atoms with van der Waals surface area (Å²) < 4.78 is 10.5. The molecule has 36 heavy (non-hydrogen) atoms. The summed E-state index contributed by atoms with van der Waals surface area (Å²) in [4.78, 5) is 41.3. The molecule has 0 aromatic heterocycles. The topological polar surface area (TPSA) is 97.0 Å². The molecular formula is C28H39N3O5. The van der Waals surface area contributed by atoms with Crippen molar-refractivity contribution in [3.8, 4) is 5.75 Å². The summed E-state index contributed by atoms with van der Waals surface area (Å²) in [5.74, 6) is -0.0747. The Morgan fingerprint density at radius 2 is 1.56 bits per heavy atom. The zero-order valence-electron chi connectivity index (χ0n) is 22.5. The summed E-state index contributed by atoms with van der Waals surface area (Å²) in [6.45, 7) is 12.6. The van der Waals surface area contributed by atoms with Crippen molar-refractivity contribution in [2.45, 2.75) is 78.6 Å². The van der Waals surface area contributed by atoms with Gasteiger partial charge in [-0.05, 0) is 77.8 Å². The molecule has 0 aliphatic carbocycles. The van der Waals surface area contributed by atoms with Crippen molar-refractivity contribution in [3.05, 3.63) is 59.7 Å². The molecule has 196 valence electrons. The van der Waals surface area contributed by atoms with Crippen molar-refractivity contribution in [3.63, 3.8) is 0 Å². The van der Waals surface area contributed by atoms with Gasteiger partial charge >= 0.3 is 6.09 Å². The molecule has 8 heteroatoms. The van der Waals surface area contributed by atoms with Gasteiger partial charge in [0, 0.05) is 11.7 Å². The molecule has 0 aliphatic heterocycles. The van der Waals surface area contributed by atoms with Gasteiger partial charge in [0.15, 0.2) is 0 Å². The largest absolute Gasteiger partial charge is 0.497 e. The Morgan fingerprint density at radius 1 is 0.972 bits per heavy atom. The van der Waals surface area contributed by atoms with E-state index in [1.807, 2.05) is 45.0 Å². The van der Waals surface area contributed by atoms with Gasteiger partial charge in [-0.2, -0.15) is 0 Å². The number of aryl methyl sites for hydroxylation is 1. The van der Waals surface area contributed by atoms with E-state index in [0.717, 1.165) is 5.56 Å². The SMILES string of the molecule is CCC(C)N(C(=O)C(C)NC(=O)OC(C)(C)C)C(C(=O)Nc1ccc(OC)cc1)c1ccc(C)cc1. The summed E-state index contributed by atoms with van der Waals surface area (Å²) in [5.41, 5.74) is 1.58. The fraction of sp³-hybridized carbons (Fsp3) is 0.464. The van der Waals surface area contributed by atoms with Crippen molar-refractivity contribution < 1.29 is 23.9 Å². The molecular weight excluding hydrogens is 458 g/mol. The molecule has 0 fully saturated rings. The molecule has 0 spiro atoms. The van der Waals surface area contributed by atoms with Crippen LogP contribution in [0.2, 0.25) is 0 Å². The molecule has 0 saturated carbocycles. The minimum atomic E-state index is -0.918. The number of hydrogen-bond acceptors (Lipinski definition) is 5. The zero-order valence-corrected chi connectivity index (χ0v) is 22.5. The van der Waals surface area contributed by atoms with Gasteiger partial charge in [-0.15, -0.1) is 0 Å². The average molecular weight is 498 g/mol. The highest BCUT2D eigenvalue weighted by Gasteiger charge is 2.37. The number of nitrogens with zero attached hydrogens (tertiary/aromatic N) is 1. The van der Waals surface area contributed by atoms with Gasteiger partial charge in [-0.1, -0.05) is 36.8 Å². The second-order valence-electron chi connectivity index (χ2n) is 9.90. The Morgan fingerprint density at radius 3 is 2.06 bits per heavy atom. The first kappa shape index (κ1) is 28.7. The van der Waals surface area contributed by atoms with Crippen molar-refractivity contribution >= 4 is 23.6 Å². The summed E-state index contributed by atoms with van der Waals surface area (Å²) in [6.07, 6.45) is -0.0784. The van der Waals surface area contributed by atoms with E-state index in [1.165, 1.54) is 0 Å². The second-order valence-corrected chi connectivity index (χ2v) is 9.90. The van der Waals surface area contributed by atoms with Crippen LogP contribution < -0.4 is 15.4 Å². The van der Waals surface area contributed by atoms with Crippen LogP contribution in [0.1, 0.15) is 65.1 Å². The van der Waals surface area contributed by atoms with Crippen molar-refractivity contribution in [1.29, 1.82) is 0 Å². The molecule has 8 nitrogen and oxygen atoms in total. The van der Waals surface area contributed by atoms with E-state index in [0.29, 0.717) is 23.4 Å². The Bertz CT molecular complexity index is 1030. The molecule has 0 aliphatic rings. The fourth-order valence-electron chi connectivity index (χ4n) is 3.64. The van der Waals surface area contributed by atoms with E-state index < -0.39 is 23.8 Å². The molecule has 3 unspecified atom stereocenters. The smallest absolute Gasteiger partial charge is 0.408 e. The maximum atomic E-state index is 13.7. The van der Waals surface area contributed by atoms with E-state index >= 15 is 0 Å². The van der Waals surface area contributed by atoms with Crippen LogP contribution in [0.25, 0.3) is 0 Å². The number of carbonyl (C=O) groups is 3. The zero-order chi connectivity index (χ0) is 27.0. The lowest BCUT2D eigenvalue weighted by atomic mass is 9.99. The van der Waals surface area contributed by atoms with Gasteiger partial charge in [0.05, 0.1) is 7.11 Å². The summed E-state index contributed by atoms with van der Waals surface area (Å²) in [5, 5.41) is 5.55. The molecule has 2 rings (SSSR count). The highest BCUT2D eigenvalue weighted by Crippen LogP contribution is 2.28. The Balaban J connectivity index is 2.42. The maximum absolute atomic E-state index is 13.7. The lowest BCUT2D eigenvalue weighted by Gasteiger charge is -2.37. The molecule has 0 saturated heterocycles. The minimum absolute atomic E-state index is 0.284. The Labute approximate surface area is 214 Å². The average Bonchev–Trinajstić information content (AvgIpc) is 2.81. The van der Waals surface area contributed by atoms with Gasteiger partial charge in [0.25, 0.3) is 5.91 Å². The number of rotatable bonds is 9. The van der Waals surface area contributed by atoms with Gasteiger partial charge in [0.2, 0.25) is 5.91 Å². The van der Waals surface area contributed by atoms with E-state index in [4.69, 9.17) is 9.47 Å². The van der Waals surface area contributed by atoms with Crippen molar-refractivity contribution in [2.75, 3.05) is 12.4 Å². The number of nitrogens with one attached hydrogen (secondary N) is 2. The monoisotopic (exact) mass is 497 g/mol. The third-order valence-electron chi connectivity index (χ3n) is 5.70. The van der Waals surface area contributed by atoms with Crippen LogP contribution in [0.5, 0.6) is 5.75 Å². The van der Waals surface area contributed by atoms with Gasteiger partial charge in [-0.25, -0.2) is 4.79 Å². The van der Waals surface area contributed by atoms with Crippen LogP contribution in [0, 0.1) is 6.92 Å². The molecule has 2 aromatic carbocycles. The highest BCUT2D eigenvalue weighted by atomic mass is 16.6. The third-order valence-corrected chi connectivity index (χ3v) is 5.70. The summed E-state index contributed by atoms with van der Waals surface area (Å²) in [6, 6.07) is 12.4. The van der Waals surface area contributed by atoms with Gasteiger partial charge in [-0.3, -0.25) is 9.59 Å². The van der Waals surface area contributed by atoms with E-state index in [9.17, 15) is 14.4 Å². The normalized spacial score (nSPS) is 13.7. The lowest BCUT2D eigenvalue weighted by molar-refractivity contribution is -0.143. The van der Waals surface area contributed by atoms with E-state index in [2.05, 4.69) is 10.6 Å². The van der Waals surface area contributed by atoms with Gasteiger partial charge in [0.1, 0.15) is 23.4 Å². The predicted molar refractivity (Wildman–Crippen MR) is 141 cm³/mol. The first-order valence-electron chi connectivity index (χ1n) is 12.2. The summed E-state index contributed by atoms with van der Waals surface area (Å²) in [7, 11) is 1.57. The minimum Gasteiger partial charge on any atom is -0.497 e. The first-order chi connectivity index (χ1) is 16.9. The Hall–Kier alpha value is -3.55. The van der Waals surface area contributed by atoms with Crippen LogP contribution in [0.4, 0.5) is 10.5 Å². The number of ether oxygens (including phenoxy) is 2. The number of carbonyl (C=O) groups excluding carboxylic acids is 3. The number of methoxy groups -OCH3 is 1. The molecule has 2 N–H and O–H groups in total. The number of anilines is 1.